The van der Waals surface area contributed by atoms with Crippen molar-refractivity contribution in [1.29, 1.82) is 0 Å². The van der Waals surface area contributed by atoms with E-state index in [1.165, 1.54) is 7.11 Å². The van der Waals surface area contributed by atoms with E-state index in [1.54, 1.807) is 7.11 Å². The number of methoxy groups -OCH3 is 2. The Morgan fingerprint density at radius 2 is 1.88 bits per heavy atom. The van der Waals surface area contributed by atoms with Gasteiger partial charge in [0.1, 0.15) is 5.75 Å². The van der Waals surface area contributed by atoms with E-state index in [9.17, 15) is 4.79 Å². The van der Waals surface area contributed by atoms with Crippen LogP contribution in [0.3, 0.4) is 0 Å². The second-order valence-electron chi connectivity index (χ2n) is 5.04. The first-order valence-corrected chi connectivity index (χ1v) is 5.62. The van der Waals surface area contributed by atoms with Gasteiger partial charge in [-0.05, 0) is 22.6 Å². The van der Waals surface area contributed by atoms with Crippen LogP contribution in [-0.2, 0) is 21.4 Å². The second-order valence-corrected chi connectivity index (χ2v) is 5.04. The number of hydrogen-bond donors (Lipinski definition) is 0. The van der Waals surface area contributed by atoms with Gasteiger partial charge >= 0.3 is 5.97 Å². The third kappa shape index (κ3) is 3.48. The highest BCUT2D eigenvalue weighted by Gasteiger charge is 2.19. The first-order chi connectivity index (χ1) is 7.88. The lowest BCUT2D eigenvalue weighted by atomic mass is 9.85. The van der Waals surface area contributed by atoms with Crippen LogP contribution in [0.25, 0.3) is 0 Å². The first kappa shape index (κ1) is 13.6. The highest BCUT2D eigenvalue weighted by atomic mass is 16.5. The maximum absolute atomic E-state index is 11.2. The van der Waals surface area contributed by atoms with Gasteiger partial charge in [-0.2, -0.15) is 0 Å². The van der Waals surface area contributed by atoms with Crippen LogP contribution in [0, 0.1) is 0 Å². The lowest BCUT2D eigenvalue weighted by molar-refractivity contribution is -0.139. The minimum absolute atomic E-state index is 0.0164. The van der Waals surface area contributed by atoms with Crippen molar-refractivity contribution in [3.8, 4) is 5.75 Å². The van der Waals surface area contributed by atoms with Crippen LogP contribution in [0.15, 0.2) is 18.2 Å². The zero-order valence-electron chi connectivity index (χ0n) is 11.2. The third-order valence-electron chi connectivity index (χ3n) is 2.65. The molecule has 1 rings (SSSR count). The van der Waals surface area contributed by atoms with E-state index in [4.69, 9.17) is 4.74 Å². The Balaban J connectivity index is 3.09. The fraction of sp³-hybridized carbons (Fsp3) is 0.500. The summed E-state index contributed by atoms with van der Waals surface area (Å²) in [4.78, 5) is 11.2. The SMILES string of the molecule is COC(=O)Cc1ccc(OC)c(C(C)(C)C)c1. The zero-order chi connectivity index (χ0) is 13.1. The highest BCUT2D eigenvalue weighted by Crippen LogP contribution is 2.32. The molecule has 0 aliphatic carbocycles. The molecule has 0 fully saturated rings. The van der Waals surface area contributed by atoms with E-state index < -0.39 is 0 Å². The van der Waals surface area contributed by atoms with Gasteiger partial charge < -0.3 is 9.47 Å². The summed E-state index contributed by atoms with van der Waals surface area (Å²) in [6.45, 7) is 6.35. The molecule has 0 N–H and O–H groups in total. The number of benzene rings is 1. The minimum atomic E-state index is -0.227. The van der Waals surface area contributed by atoms with Crippen LogP contribution in [0.1, 0.15) is 31.9 Å². The molecule has 3 nitrogen and oxygen atoms in total. The summed E-state index contributed by atoms with van der Waals surface area (Å²) in [6.07, 6.45) is 0.295. The van der Waals surface area contributed by atoms with Crippen LogP contribution < -0.4 is 4.74 Å². The Bertz CT molecular complexity index is 402. The first-order valence-electron chi connectivity index (χ1n) is 5.62. The second kappa shape index (κ2) is 5.21. The van der Waals surface area contributed by atoms with Crippen molar-refractivity contribution >= 4 is 5.97 Å². The predicted molar refractivity (Wildman–Crippen MR) is 67.4 cm³/mol. The van der Waals surface area contributed by atoms with E-state index >= 15 is 0 Å². The highest BCUT2D eigenvalue weighted by molar-refractivity contribution is 5.72. The number of esters is 1. The molecule has 0 unspecified atom stereocenters. The molecule has 0 amide bonds. The molecule has 17 heavy (non-hydrogen) atoms. The number of hydrogen-bond acceptors (Lipinski definition) is 3. The molecular weight excluding hydrogens is 216 g/mol. The van der Waals surface area contributed by atoms with Gasteiger partial charge in [-0.25, -0.2) is 0 Å². The summed E-state index contributed by atoms with van der Waals surface area (Å²) in [5.74, 6) is 0.626. The average molecular weight is 236 g/mol. The lowest BCUT2D eigenvalue weighted by Gasteiger charge is -2.22. The quantitative estimate of drug-likeness (QED) is 0.757. The molecule has 0 saturated carbocycles. The molecule has 94 valence electrons. The summed E-state index contributed by atoms with van der Waals surface area (Å²) in [5.41, 5.74) is 2.03. The normalized spacial score (nSPS) is 11.1. The largest absolute Gasteiger partial charge is 0.496 e. The van der Waals surface area contributed by atoms with E-state index in [0.29, 0.717) is 6.42 Å². The summed E-state index contributed by atoms with van der Waals surface area (Å²) in [6, 6.07) is 5.81. The van der Waals surface area contributed by atoms with Crippen molar-refractivity contribution in [2.75, 3.05) is 14.2 Å². The molecule has 0 saturated heterocycles. The third-order valence-corrected chi connectivity index (χ3v) is 2.65. The maximum Gasteiger partial charge on any atom is 0.309 e. The average Bonchev–Trinajstić information content (AvgIpc) is 2.27. The molecule has 0 heterocycles. The molecule has 0 aliphatic heterocycles. The van der Waals surface area contributed by atoms with Crippen molar-refractivity contribution in [1.82, 2.24) is 0 Å². The predicted octanol–water partition coefficient (Wildman–Crippen LogP) is 2.71. The minimum Gasteiger partial charge on any atom is -0.496 e. The summed E-state index contributed by atoms with van der Waals surface area (Å²) in [5, 5.41) is 0. The Labute approximate surface area is 103 Å². The van der Waals surface area contributed by atoms with Crippen molar-refractivity contribution in [2.45, 2.75) is 32.6 Å². The fourth-order valence-electron chi connectivity index (χ4n) is 1.69. The maximum atomic E-state index is 11.2. The van der Waals surface area contributed by atoms with Gasteiger partial charge in [0.2, 0.25) is 0 Å². The van der Waals surface area contributed by atoms with E-state index in [-0.39, 0.29) is 11.4 Å². The molecular formula is C14H20O3. The van der Waals surface area contributed by atoms with Gasteiger partial charge in [0.15, 0.2) is 0 Å². The topological polar surface area (TPSA) is 35.5 Å². The van der Waals surface area contributed by atoms with E-state index in [0.717, 1.165) is 16.9 Å². The Hall–Kier alpha value is -1.51. The smallest absolute Gasteiger partial charge is 0.309 e. The number of ether oxygens (including phenoxy) is 2. The van der Waals surface area contributed by atoms with Crippen molar-refractivity contribution in [2.24, 2.45) is 0 Å². The molecule has 0 spiro atoms. The molecule has 3 heteroatoms. The molecule has 0 bridgehead atoms. The van der Waals surface area contributed by atoms with Crippen LogP contribution in [0.2, 0.25) is 0 Å². The van der Waals surface area contributed by atoms with E-state index in [1.807, 2.05) is 18.2 Å². The molecule has 0 aromatic heterocycles. The molecule has 1 aromatic rings. The van der Waals surface area contributed by atoms with Crippen molar-refractivity contribution in [3.05, 3.63) is 29.3 Å². The van der Waals surface area contributed by atoms with Crippen LogP contribution in [0.4, 0.5) is 0 Å². The summed E-state index contributed by atoms with van der Waals surface area (Å²) in [7, 11) is 3.06. The summed E-state index contributed by atoms with van der Waals surface area (Å²) < 4.78 is 10.0. The van der Waals surface area contributed by atoms with Gasteiger partial charge in [0.25, 0.3) is 0 Å². The Morgan fingerprint density at radius 3 is 2.35 bits per heavy atom. The fourth-order valence-corrected chi connectivity index (χ4v) is 1.69. The summed E-state index contributed by atoms with van der Waals surface area (Å²) >= 11 is 0. The number of rotatable bonds is 3. The van der Waals surface area contributed by atoms with Crippen LogP contribution in [0.5, 0.6) is 5.75 Å². The van der Waals surface area contributed by atoms with Crippen LogP contribution in [-0.4, -0.2) is 20.2 Å². The van der Waals surface area contributed by atoms with Gasteiger partial charge in [-0.1, -0.05) is 32.9 Å². The standard InChI is InChI=1S/C14H20O3/c1-14(2,3)11-8-10(9-13(15)17-5)6-7-12(11)16-4/h6-8H,9H2,1-5H3. The molecule has 0 aliphatic rings. The monoisotopic (exact) mass is 236 g/mol. The Morgan fingerprint density at radius 1 is 1.24 bits per heavy atom. The molecule has 0 radical (unpaired) electrons. The van der Waals surface area contributed by atoms with Crippen molar-refractivity contribution < 1.29 is 14.3 Å². The number of carbonyl (C=O) groups is 1. The van der Waals surface area contributed by atoms with Crippen molar-refractivity contribution in [3.63, 3.8) is 0 Å². The van der Waals surface area contributed by atoms with Gasteiger partial charge in [0.05, 0.1) is 20.6 Å². The van der Waals surface area contributed by atoms with Gasteiger partial charge in [-0.3, -0.25) is 4.79 Å². The number of carbonyl (C=O) groups excluding carboxylic acids is 1. The lowest BCUT2D eigenvalue weighted by Crippen LogP contribution is -2.14. The molecule has 1 aromatic carbocycles. The van der Waals surface area contributed by atoms with Gasteiger partial charge in [0, 0.05) is 0 Å². The van der Waals surface area contributed by atoms with Gasteiger partial charge in [-0.15, -0.1) is 0 Å². The van der Waals surface area contributed by atoms with E-state index in [2.05, 4.69) is 25.5 Å². The Kier molecular flexibility index (Phi) is 4.16. The zero-order valence-corrected chi connectivity index (χ0v) is 11.2. The van der Waals surface area contributed by atoms with Crippen LogP contribution >= 0.6 is 0 Å². The molecule has 0 atom stereocenters.